The summed E-state index contributed by atoms with van der Waals surface area (Å²) in [5, 5.41) is 3.73. The van der Waals surface area contributed by atoms with E-state index in [0.717, 1.165) is 6.04 Å². The Morgan fingerprint density at radius 3 is 2.38 bits per heavy atom. The fraction of sp³-hybridized carbons (Fsp3) is 1.00. The third-order valence-corrected chi connectivity index (χ3v) is 4.00. The number of hydrogen-bond donors (Lipinski definition) is 1. The lowest BCUT2D eigenvalue weighted by molar-refractivity contribution is -0.102. The third kappa shape index (κ3) is 1.50. The zero-order chi connectivity index (χ0) is 9.47. The molecule has 0 aliphatic heterocycles. The summed E-state index contributed by atoms with van der Waals surface area (Å²) < 4.78 is 5.42. The van der Waals surface area contributed by atoms with Gasteiger partial charge in [-0.3, -0.25) is 0 Å². The van der Waals surface area contributed by atoms with Crippen molar-refractivity contribution in [2.75, 3.05) is 7.11 Å². The van der Waals surface area contributed by atoms with Crippen molar-refractivity contribution < 1.29 is 4.74 Å². The minimum atomic E-state index is 0.338. The Morgan fingerprint density at radius 1 is 1.31 bits per heavy atom. The van der Waals surface area contributed by atoms with E-state index in [2.05, 4.69) is 19.2 Å². The van der Waals surface area contributed by atoms with E-state index in [4.69, 9.17) is 4.74 Å². The third-order valence-electron chi connectivity index (χ3n) is 4.00. The van der Waals surface area contributed by atoms with Crippen molar-refractivity contribution >= 4 is 0 Å². The van der Waals surface area contributed by atoms with Crippen molar-refractivity contribution in [3.05, 3.63) is 0 Å². The minimum absolute atomic E-state index is 0.338. The molecule has 2 nitrogen and oxygen atoms in total. The van der Waals surface area contributed by atoms with Gasteiger partial charge < -0.3 is 10.1 Å². The van der Waals surface area contributed by atoms with Crippen LogP contribution in [0.2, 0.25) is 0 Å². The van der Waals surface area contributed by atoms with Crippen LogP contribution >= 0.6 is 0 Å². The Hall–Kier alpha value is -0.0800. The summed E-state index contributed by atoms with van der Waals surface area (Å²) >= 11 is 0. The molecule has 2 aliphatic rings. The van der Waals surface area contributed by atoms with Gasteiger partial charge >= 0.3 is 0 Å². The van der Waals surface area contributed by atoms with Crippen LogP contribution in [-0.2, 0) is 4.74 Å². The van der Waals surface area contributed by atoms with Crippen molar-refractivity contribution in [2.45, 2.75) is 57.7 Å². The topological polar surface area (TPSA) is 21.3 Å². The van der Waals surface area contributed by atoms with Crippen LogP contribution in [0.15, 0.2) is 0 Å². The summed E-state index contributed by atoms with van der Waals surface area (Å²) in [6, 6.07) is 1.49. The highest BCUT2D eigenvalue weighted by Gasteiger charge is 2.49. The van der Waals surface area contributed by atoms with Gasteiger partial charge in [0.25, 0.3) is 0 Å². The van der Waals surface area contributed by atoms with E-state index in [9.17, 15) is 0 Å². The monoisotopic (exact) mass is 183 g/mol. The molecule has 2 rings (SSSR count). The van der Waals surface area contributed by atoms with Gasteiger partial charge in [0.1, 0.15) is 0 Å². The maximum absolute atomic E-state index is 5.42. The van der Waals surface area contributed by atoms with Crippen LogP contribution in [0.25, 0.3) is 0 Å². The normalized spacial score (nSPS) is 38.1. The average molecular weight is 183 g/mol. The standard InChI is InChI=1S/C11H21NO/c1-11(2)9(7-10(11)13-3)12-8-5-4-6-8/h8-10,12H,4-7H2,1-3H3. The first-order chi connectivity index (χ1) is 6.14. The first-order valence-corrected chi connectivity index (χ1v) is 5.43. The molecule has 1 N–H and O–H groups in total. The van der Waals surface area contributed by atoms with Gasteiger partial charge in [0, 0.05) is 24.6 Å². The smallest absolute Gasteiger partial charge is 0.0652 e. The van der Waals surface area contributed by atoms with Crippen molar-refractivity contribution in [2.24, 2.45) is 5.41 Å². The zero-order valence-corrected chi connectivity index (χ0v) is 8.97. The molecule has 0 bridgehead atoms. The molecule has 0 spiro atoms. The molecular formula is C11H21NO. The number of hydrogen-bond acceptors (Lipinski definition) is 2. The average Bonchev–Trinajstić information content (AvgIpc) is 2.00. The van der Waals surface area contributed by atoms with E-state index < -0.39 is 0 Å². The zero-order valence-electron chi connectivity index (χ0n) is 8.97. The highest BCUT2D eigenvalue weighted by molar-refractivity contribution is 5.04. The fourth-order valence-electron chi connectivity index (χ4n) is 2.43. The molecule has 2 unspecified atom stereocenters. The number of ether oxygens (including phenoxy) is 1. The first kappa shape index (κ1) is 9.47. The second-order valence-electron chi connectivity index (χ2n) is 5.13. The van der Waals surface area contributed by atoms with Gasteiger partial charge in [-0.05, 0) is 19.3 Å². The van der Waals surface area contributed by atoms with Crippen LogP contribution in [-0.4, -0.2) is 25.3 Å². The summed E-state index contributed by atoms with van der Waals surface area (Å²) in [5.74, 6) is 0. The second-order valence-corrected chi connectivity index (χ2v) is 5.13. The maximum atomic E-state index is 5.42. The number of methoxy groups -OCH3 is 1. The minimum Gasteiger partial charge on any atom is -0.381 e. The van der Waals surface area contributed by atoms with Crippen molar-refractivity contribution in [3.8, 4) is 0 Å². The van der Waals surface area contributed by atoms with Crippen LogP contribution in [0.3, 0.4) is 0 Å². The summed E-state index contributed by atoms with van der Waals surface area (Å²) in [6.07, 6.45) is 5.83. The Morgan fingerprint density at radius 2 is 2.00 bits per heavy atom. The summed E-state index contributed by atoms with van der Waals surface area (Å²) in [4.78, 5) is 0. The van der Waals surface area contributed by atoms with E-state index in [1.54, 1.807) is 0 Å². The van der Waals surface area contributed by atoms with E-state index in [-0.39, 0.29) is 0 Å². The Bertz CT molecular complexity index is 187. The van der Waals surface area contributed by atoms with E-state index in [1.807, 2.05) is 7.11 Å². The van der Waals surface area contributed by atoms with E-state index >= 15 is 0 Å². The Labute approximate surface area is 81.0 Å². The van der Waals surface area contributed by atoms with Crippen LogP contribution in [0, 0.1) is 5.41 Å². The summed E-state index contributed by atoms with van der Waals surface area (Å²) in [6.45, 7) is 4.61. The molecule has 0 aromatic heterocycles. The van der Waals surface area contributed by atoms with Gasteiger partial charge in [-0.25, -0.2) is 0 Å². The van der Waals surface area contributed by atoms with Crippen molar-refractivity contribution in [3.63, 3.8) is 0 Å². The van der Waals surface area contributed by atoms with Gasteiger partial charge in [0.2, 0.25) is 0 Å². The summed E-state index contributed by atoms with van der Waals surface area (Å²) in [5.41, 5.74) is 0.338. The van der Waals surface area contributed by atoms with Crippen LogP contribution in [0.5, 0.6) is 0 Å². The Balaban J connectivity index is 1.82. The molecule has 2 saturated carbocycles. The lowest BCUT2D eigenvalue weighted by atomic mass is 9.64. The molecule has 2 atom stereocenters. The molecule has 76 valence electrons. The molecule has 0 radical (unpaired) electrons. The van der Waals surface area contributed by atoms with Gasteiger partial charge in [-0.2, -0.15) is 0 Å². The molecule has 0 amide bonds. The highest BCUT2D eigenvalue weighted by Crippen LogP contribution is 2.43. The van der Waals surface area contributed by atoms with Crippen LogP contribution < -0.4 is 5.32 Å². The Kier molecular flexibility index (Phi) is 2.37. The van der Waals surface area contributed by atoms with Crippen LogP contribution in [0.1, 0.15) is 39.5 Å². The molecule has 0 aromatic rings. The quantitative estimate of drug-likeness (QED) is 0.722. The molecule has 2 heteroatoms. The van der Waals surface area contributed by atoms with Gasteiger partial charge in [-0.15, -0.1) is 0 Å². The lowest BCUT2D eigenvalue weighted by Gasteiger charge is -2.53. The molecule has 0 heterocycles. The van der Waals surface area contributed by atoms with Gasteiger partial charge in [-0.1, -0.05) is 20.3 Å². The lowest BCUT2D eigenvalue weighted by Crippen LogP contribution is -2.63. The molecule has 2 aliphatic carbocycles. The molecule has 13 heavy (non-hydrogen) atoms. The van der Waals surface area contributed by atoms with Gasteiger partial charge in [0.15, 0.2) is 0 Å². The predicted molar refractivity (Wildman–Crippen MR) is 53.8 cm³/mol. The first-order valence-electron chi connectivity index (χ1n) is 5.43. The summed E-state index contributed by atoms with van der Waals surface area (Å²) in [7, 11) is 1.83. The number of nitrogens with one attached hydrogen (secondary N) is 1. The highest BCUT2D eigenvalue weighted by atomic mass is 16.5. The maximum Gasteiger partial charge on any atom is 0.0652 e. The van der Waals surface area contributed by atoms with Crippen molar-refractivity contribution in [1.82, 2.24) is 5.32 Å². The van der Waals surface area contributed by atoms with Gasteiger partial charge in [0.05, 0.1) is 6.10 Å². The largest absolute Gasteiger partial charge is 0.381 e. The second kappa shape index (κ2) is 3.25. The molecule has 2 fully saturated rings. The molecule has 0 aromatic carbocycles. The number of rotatable bonds is 3. The predicted octanol–water partition coefficient (Wildman–Crippen LogP) is 1.94. The van der Waals surface area contributed by atoms with Crippen LogP contribution in [0.4, 0.5) is 0 Å². The van der Waals surface area contributed by atoms with E-state index in [0.29, 0.717) is 17.6 Å². The molecular weight excluding hydrogens is 162 g/mol. The van der Waals surface area contributed by atoms with E-state index in [1.165, 1.54) is 25.7 Å². The molecule has 0 saturated heterocycles. The fourth-order valence-corrected chi connectivity index (χ4v) is 2.43. The van der Waals surface area contributed by atoms with Crippen molar-refractivity contribution in [1.29, 1.82) is 0 Å². The SMILES string of the molecule is COC1CC(NC2CCC2)C1(C)C.